The molecule has 0 fully saturated rings. The normalized spacial score (nSPS) is 10.8. The van der Waals surface area contributed by atoms with E-state index in [1.165, 1.54) is 11.3 Å². The van der Waals surface area contributed by atoms with Crippen LogP contribution in [0.15, 0.2) is 33.6 Å². The van der Waals surface area contributed by atoms with Gasteiger partial charge < -0.3 is 9.15 Å². The van der Waals surface area contributed by atoms with E-state index in [2.05, 4.69) is 20.5 Å². The Morgan fingerprint density at radius 3 is 2.70 bits per heavy atom. The highest BCUT2D eigenvalue weighted by atomic mass is 32.2. The monoisotopic (exact) mass is 404 g/mol. The molecular weight excluding hydrogens is 384 g/mol. The molecule has 0 bridgehead atoms. The van der Waals surface area contributed by atoms with Gasteiger partial charge in [0.2, 0.25) is 5.91 Å². The lowest BCUT2D eigenvalue weighted by Crippen LogP contribution is -2.11. The van der Waals surface area contributed by atoms with E-state index in [0.29, 0.717) is 12.3 Å². The molecule has 7 nitrogen and oxygen atoms in total. The van der Waals surface area contributed by atoms with Crippen molar-refractivity contribution in [1.29, 1.82) is 0 Å². The zero-order valence-electron chi connectivity index (χ0n) is 15.3. The maximum absolute atomic E-state index is 12.0. The van der Waals surface area contributed by atoms with Crippen molar-refractivity contribution in [3.8, 4) is 16.5 Å². The lowest BCUT2D eigenvalue weighted by atomic mass is 10.3. The molecule has 9 heteroatoms. The lowest BCUT2D eigenvalue weighted by molar-refractivity contribution is -0.116. The van der Waals surface area contributed by atoms with Crippen molar-refractivity contribution in [2.75, 3.05) is 18.2 Å². The Hall–Kier alpha value is -2.39. The number of carbonyl (C=O) groups is 1. The first-order valence-corrected chi connectivity index (χ1v) is 10.2. The molecule has 0 atom stereocenters. The second-order valence-corrected chi connectivity index (χ2v) is 8.11. The first kappa shape index (κ1) is 19.4. The van der Waals surface area contributed by atoms with Crippen molar-refractivity contribution in [2.24, 2.45) is 0 Å². The summed E-state index contributed by atoms with van der Waals surface area (Å²) >= 11 is 3.19. The Labute approximate surface area is 165 Å². The molecule has 1 amide bonds. The smallest absolute Gasteiger partial charge is 0.322 e. The van der Waals surface area contributed by atoms with Gasteiger partial charge in [0.1, 0.15) is 10.6 Å². The van der Waals surface area contributed by atoms with Crippen LogP contribution in [-0.4, -0.2) is 34.0 Å². The molecule has 0 spiro atoms. The van der Waals surface area contributed by atoms with Gasteiger partial charge in [-0.1, -0.05) is 5.10 Å². The summed E-state index contributed by atoms with van der Waals surface area (Å²) in [6.45, 7) is 3.81. The van der Waals surface area contributed by atoms with E-state index in [1.807, 2.05) is 38.1 Å². The number of anilines is 1. The van der Waals surface area contributed by atoms with Crippen molar-refractivity contribution >= 4 is 35.0 Å². The summed E-state index contributed by atoms with van der Waals surface area (Å²) in [5.41, 5.74) is 0.842. The predicted molar refractivity (Wildman–Crippen MR) is 106 cm³/mol. The van der Waals surface area contributed by atoms with E-state index >= 15 is 0 Å². The van der Waals surface area contributed by atoms with Gasteiger partial charge in [0, 0.05) is 11.3 Å². The van der Waals surface area contributed by atoms with Crippen LogP contribution in [0.1, 0.15) is 23.5 Å². The fraction of sp³-hybridized carbons (Fsp3) is 0.333. The number of hydrogen-bond donors (Lipinski definition) is 1. The van der Waals surface area contributed by atoms with Gasteiger partial charge in [0.25, 0.3) is 5.89 Å². The first-order valence-electron chi connectivity index (χ1n) is 8.40. The molecule has 1 aromatic carbocycles. The molecule has 3 rings (SSSR count). The lowest BCUT2D eigenvalue weighted by Gasteiger charge is -2.03. The first-order chi connectivity index (χ1) is 13.0. The van der Waals surface area contributed by atoms with Crippen LogP contribution < -0.4 is 10.1 Å². The van der Waals surface area contributed by atoms with Gasteiger partial charge in [0.05, 0.1) is 17.8 Å². The number of carbonyl (C=O) groups excluding carboxylic acids is 1. The van der Waals surface area contributed by atoms with Gasteiger partial charge in [-0.3, -0.25) is 10.1 Å². The average molecular weight is 405 g/mol. The van der Waals surface area contributed by atoms with Crippen LogP contribution in [0.2, 0.25) is 0 Å². The molecule has 0 saturated heterocycles. The Bertz CT molecular complexity index is 906. The number of thioether (sulfide) groups is 1. The van der Waals surface area contributed by atoms with Crippen molar-refractivity contribution in [3.63, 3.8) is 0 Å². The number of nitrogens with one attached hydrogen (secondary N) is 1. The molecular formula is C18H20N4O3S2. The minimum atomic E-state index is -0.141. The number of nitrogens with zero attached hydrogens (tertiary/aromatic N) is 3. The van der Waals surface area contributed by atoms with Crippen molar-refractivity contribution in [1.82, 2.24) is 15.2 Å². The maximum Gasteiger partial charge on any atom is 0.322 e. The van der Waals surface area contributed by atoms with Crippen LogP contribution >= 0.6 is 23.1 Å². The van der Waals surface area contributed by atoms with Gasteiger partial charge in [-0.05, 0) is 50.3 Å². The minimum absolute atomic E-state index is 0.114. The summed E-state index contributed by atoms with van der Waals surface area (Å²) in [5, 5.41) is 11.5. The average Bonchev–Trinajstić information content (AvgIpc) is 3.24. The molecule has 0 aliphatic carbocycles. The number of aryl methyl sites for hydroxylation is 2. The summed E-state index contributed by atoms with van der Waals surface area (Å²) in [4.78, 5) is 18.4. The summed E-state index contributed by atoms with van der Waals surface area (Å²) in [6, 6.07) is 7.98. The SMILES string of the molecule is COc1ccc(SCCCC(=O)Nc2nnc(-c3sc(C)nc3C)o2)cc1. The molecule has 0 aliphatic rings. The second-order valence-electron chi connectivity index (χ2n) is 5.74. The Morgan fingerprint density at radius 1 is 1.26 bits per heavy atom. The van der Waals surface area contributed by atoms with E-state index in [1.54, 1.807) is 18.9 Å². The Kier molecular flexibility index (Phi) is 6.46. The summed E-state index contributed by atoms with van der Waals surface area (Å²) in [7, 11) is 1.65. The molecule has 0 unspecified atom stereocenters. The van der Waals surface area contributed by atoms with Gasteiger partial charge in [-0.15, -0.1) is 28.2 Å². The molecule has 2 heterocycles. The topological polar surface area (TPSA) is 90.1 Å². The molecule has 0 radical (unpaired) electrons. The predicted octanol–water partition coefficient (Wildman–Crippen LogP) is 4.33. The molecule has 0 aliphatic heterocycles. The highest BCUT2D eigenvalue weighted by molar-refractivity contribution is 7.99. The summed E-state index contributed by atoms with van der Waals surface area (Å²) in [5.74, 6) is 1.91. The van der Waals surface area contributed by atoms with Crippen LogP contribution in [0.4, 0.5) is 6.01 Å². The zero-order chi connectivity index (χ0) is 19.2. The number of thiazole rings is 1. The number of ether oxygens (including phenoxy) is 1. The van der Waals surface area contributed by atoms with Crippen LogP contribution in [-0.2, 0) is 4.79 Å². The maximum atomic E-state index is 12.0. The third-order valence-corrected chi connectivity index (χ3v) is 5.80. The molecule has 0 saturated carbocycles. The van der Waals surface area contributed by atoms with E-state index < -0.39 is 0 Å². The van der Waals surface area contributed by atoms with Crippen molar-refractivity contribution in [2.45, 2.75) is 31.6 Å². The second kappa shape index (κ2) is 9.01. The number of benzene rings is 1. The van der Waals surface area contributed by atoms with Crippen molar-refractivity contribution in [3.05, 3.63) is 35.0 Å². The standard InChI is InChI=1S/C18H20N4O3S2/c1-11-16(27-12(2)19-11)17-21-22-18(25-17)20-15(23)5-4-10-26-14-8-6-13(24-3)7-9-14/h6-9H,4-5,10H2,1-3H3,(H,20,22,23). The van der Waals surface area contributed by atoms with Crippen LogP contribution in [0, 0.1) is 13.8 Å². The van der Waals surface area contributed by atoms with Crippen LogP contribution in [0.5, 0.6) is 5.75 Å². The molecule has 27 heavy (non-hydrogen) atoms. The molecule has 1 N–H and O–H groups in total. The molecule has 142 valence electrons. The third kappa shape index (κ3) is 5.30. The van der Waals surface area contributed by atoms with E-state index in [4.69, 9.17) is 9.15 Å². The van der Waals surface area contributed by atoms with Gasteiger partial charge in [-0.25, -0.2) is 4.98 Å². The van der Waals surface area contributed by atoms with E-state index in [9.17, 15) is 4.79 Å². The van der Waals surface area contributed by atoms with E-state index in [-0.39, 0.29) is 11.9 Å². The number of methoxy groups -OCH3 is 1. The fourth-order valence-electron chi connectivity index (χ4n) is 2.37. The van der Waals surface area contributed by atoms with Crippen LogP contribution in [0.25, 0.3) is 10.8 Å². The summed E-state index contributed by atoms with van der Waals surface area (Å²) < 4.78 is 10.7. The Morgan fingerprint density at radius 2 is 2.04 bits per heavy atom. The third-order valence-electron chi connectivity index (χ3n) is 3.65. The Balaban J connectivity index is 1.43. The minimum Gasteiger partial charge on any atom is -0.497 e. The number of hydrogen-bond acceptors (Lipinski definition) is 8. The van der Waals surface area contributed by atoms with Gasteiger partial charge in [0.15, 0.2) is 0 Å². The molecule has 3 aromatic rings. The zero-order valence-corrected chi connectivity index (χ0v) is 16.9. The highest BCUT2D eigenvalue weighted by Gasteiger charge is 2.16. The van der Waals surface area contributed by atoms with Gasteiger partial charge >= 0.3 is 6.01 Å². The fourth-order valence-corrected chi connectivity index (χ4v) is 4.07. The number of amides is 1. The van der Waals surface area contributed by atoms with Gasteiger partial charge in [-0.2, -0.15) is 0 Å². The largest absolute Gasteiger partial charge is 0.497 e. The highest BCUT2D eigenvalue weighted by Crippen LogP contribution is 2.29. The number of rotatable bonds is 8. The quantitative estimate of drug-likeness (QED) is 0.441. The summed E-state index contributed by atoms with van der Waals surface area (Å²) in [6.07, 6.45) is 1.14. The molecule has 2 aromatic heterocycles. The van der Waals surface area contributed by atoms with Crippen LogP contribution in [0.3, 0.4) is 0 Å². The number of aromatic nitrogens is 3. The van der Waals surface area contributed by atoms with Crippen molar-refractivity contribution < 1.29 is 13.9 Å². The van der Waals surface area contributed by atoms with E-state index in [0.717, 1.165) is 38.4 Å².